The molecular weight excluding hydrogens is 218 g/mol. The fourth-order valence-corrected chi connectivity index (χ4v) is 1.63. The maximum absolute atomic E-state index is 5.54. The van der Waals surface area contributed by atoms with E-state index in [0.29, 0.717) is 6.54 Å². The molecule has 0 aliphatic carbocycles. The molecule has 0 saturated heterocycles. The topological polar surface area (TPSA) is 35.2 Å². The summed E-state index contributed by atoms with van der Waals surface area (Å²) < 4.78 is 6.26. The first-order chi connectivity index (χ1) is 5.79. The van der Waals surface area contributed by atoms with Crippen molar-refractivity contribution in [1.82, 2.24) is 0 Å². The zero-order valence-corrected chi connectivity index (χ0v) is 8.54. The van der Waals surface area contributed by atoms with Gasteiger partial charge in [0.25, 0.3) is 0 Å². The third-order valence-corrected chi connectivity index (χ3v) is 2.47. The van der Waals surface area contributed by atoms with E-state index in [9.17, 15) is 0 Å². The van der Waals surface area contributed by atoms with Gasteiger partial charge in [0.2, 0.25) is 0 Å². The molecule has 1 rings (SSSR count). The van der Waals surface area contributed by atoms with Crippen LogP contribution in [0.25, 0.3) is 0 Å². The molecule has 0 spiro atoms. The minimum atomic E-state index is -0.0134. The van der Waals surface area contributed by atoms with Gasteiger partial charge in [-0.15, -0.1) is 0 Å². The minimum Gasteiger partial charge on any atom is -0.375 e. The second kappa shape index (κ2) is 4.60. The molecule has 0 saturated carbocycles. The molecule has 2 nitrogen and oxygen atoms in total. The second-order valence-electron chi connectivity index (χ2n) is 2.48. The lowest BCUT2D eigenvalue weighted by atomic mass is 10.1. The summed E-state index contributed by atoms with van der Waals surface area (Å²) in [6.07, 6.45) is -0.0134. The number of ether oxygens (including phenoxy) is 1. The number of nitrogens with two attached hydrogens (primary N) is 1. The Morgan fingerprint density at radius 3 is 2.67 bits per heavy atom. The number of rotatable bonds is 3. The summed E-state index contributed by atoms with van der Waals surface area (Å²) in [6.45, 7) is 0.499. The highest BCUT2D eigenvalue weighted by Crippen LogP contribution is 2.24. The zero-order valence-electron chi connectivity index (χ0n) is 6.96. The SMILES string of the molecule is COC(CN)c1ccccc1Br. The van der Waals surface area contributed by atoms with Crippen LogP contribution in [0.1, 0.15) is 11.7 Å². The molecule has 0 aromatic heterocycles. The monoisotopic (exact) mass is 229 g/mol. The predicted octanol–water partition coefficient (Wildman–Crippen LogP) is 2.10. The summed E-state index contributed by atoms with van der Waals surface area (Å²) in [5.41, 5.74) is 6.64. The molecule has 1 atom stereocenters. The second-order valence-corrected chi connectivity index (χ2v) is 3.34. The summed E-state index contributed by atoms with van der Waals surface area (Å²) in [6, 6.07) is 7.93. The molecule has 3 heteroatoms. The molecule has 0 heterocycles. The van der Waals surface area contributed by atoms with Crippen molar-refractivity contribution in [2.45, 2.75) is 6.10 Å². The maximum atomic E-state index is 5.54. The Bertz CT molecular complexity index is 248. The molecule has 1 aromatic rings. The number of hydrogen-bond acceptors (Lipinski definition) is 2. The van der Waals surface area contributed by atoms with E-state index in [0.717, 1.165) is 10.0 Å². The normalized spacial score (nSPS) is 12.9. The third kappa shape index (κ3) is 2.06. The Balaban J connectivity index is 2.92. The van der Waals surface area contributed by atoms with Gasteiger partial charge in [0.05, 0.1) is 6.10 Å². The summed E-state index contributed by atoms with van der Waals surface area (Å²) in [5.74, 6) is 0. The Morgan fingerprint density at radius 2 is 2.17 bits per heavy atom. The number of benzene rings is 1. The van der Waals surface area contributed by atoms with Gasteiger partial charge in [0.1, 0.15) is 0 Å². The van der Waals surface area contributed by atoms with Gasteiger partial charge in [-0.2, -0.15) is 0 Å². The quantitative estimate of drug-likeness (QED) is 0.862. The van der Waals surface area contributed by atoms with E-state index in [-0.39, 0.29) is 6.10 Å². The van der Waals surface area contributed by atoms with Gasteiger partial charge in [0.15, 0.2) is 0 Å². The van der Waals surface area contributed by atoms with Crippen LogP contribution in [0.3, 0.4) is 0 Å². The lowest BCUT2D eigenvalue weighted by Gasteiger charge is -2.14. The van der Waals surface area contributed by atoms with Gasteiger partial charge >= 0.3 is 0 Å². The minimum absolute atomic E-state index is 0.0134. The van der Waals surface area contributed by atoms with Crippen LogP contribution in [-0.2, 0) is 4.74 Å². The smallest absolute Gasteiger partial charge is 0.0954 e. The largest absolute Gasteiger partial charge is 0.375 e. The third-order valence-electron chi connectivity index (χ3n) is 1.75. The van der Waals surface area contributed by atoms with Crippen LogP contribution < -0.4 is 5.73 Å². The van der Waals surface area contributed by atoms with Crippen LogP contribution in [0.4, 0.5) is 0 Å². The van der Waals surface area contributed by atoms with Crippen molar-refractivity contribution in [3.05, 3.63) is 34.3 Å². The highest BCUT2D eigenvalue weighted by atomic mass is 79.9. The Hall–Kier alpha value is -0.380. The van der Waals surface area contributed by atoms with Crippen LogP contribution in [-0.4, -0.2) is 13.7 Å². The van der Waals surface area contributed by atoms with E-state index in [1.165, 1.54) is 0 Å². The first-order valence-electron chi connectivity index (χ1n) is 3.77. The van der Waals surface area contributed by atoms with E-state index in [2.05, 4.69) is 15.9 Å². The van der Waals surface area contributed by atoms with Crippen LogP contribution in [0.5, 0.6) is 0 Å². The fraction of sp³-hybridized carbons (Fsp3) is 0.333. The number of methoxy groups -OCH3 is 1. The van der Waals surface area contributed by atoms with E-state index in [4.69, 9.17) is 10.5 Å². The van der Waals surface area contributed by atoms with Crippen molar-refractivity contribution < 1.29 is 4.74 Å². The summed E-state index contributed by atoms with van der Waals surface area (Å²) in [7, 11) is 1.66. The lowest BCUT2D eigenvalue weighted by molar-refractivity contribution is 0.110. The molecule has 0 radical (unpaired) electrons. The summed E-state index contributed by atoms with van der Waals surface area (Å²) in [5, 5.41) is 0. The van der Waals surface area contributed by atoms with Crippen LogP contribution >= 0.6 is 15.9 Å². The molecule has 1 aromatic carbocycles. The van der Waals surface area contributed by atoms with Crippen molar-refractivity contribution in [3.63, 3.8) is 0 Å². The van der Waals surface area contributed by atoms with Crippen molar-refractivity contribution in [2.24, 2.45) is 5.73 Å². The molecule has 0 aliphatic rings. The Morgan fingerprint density at radius 1 is 1.50 bits per heavy atom. The molecule has 12 heavy (non-hydrogen) atoms. The van der Waals surface area contributed by atoms with Crippen molar-refractivity contribution >= 4 is 15.9 Å². The fourth-order valence-electron chi connectivity index (χ4n) is 1.09. The molecule has 0 aliphatic heterocycles. The number of halogens is 1. The van der Waals surface area contributed by atoms with E-state index in [1.54, 1.807) is 7.11 Å². The van der Waals surface area contributed by atoms with Crippen molar-refractivity contribution in [1.29, 1.82) is 0 Å². The van der Waals surface area contributed by atoms with Crippen molar-refractivity contribution in [2.75, 3.05) is 13.7 Å². The first kappa shape index (κ1) is 9.71. The van der Waals surface area contributed by atoms with Crippen LogP contribution in [0.2, 0.25) is 0 Å². The molecule has 0 bridgehead atoms. The average molecular weight is 230 g/mol. The molecule has 0 fully saturated rings. The number of hydrogen-bond donors (Lipinski definition) is 1. The average Bonchev–Trinajstić information content (AvgIpc) is 2.10. The molecule has 1 unspecified atom stereocenters. The van der Waals surface area contributed by atoms with Gasteiger partial charge in [-0.1, -0.05) is 34.1 Å². The highest BCUT2D eigenvalue weighted by molar-refractivity contribution is 9.10. The molecule has 66 valence electrons. The van der Waals surface area contributed by atoms with Gasteiger partial charge in [-0.05, 0) is 11.6 Å². The molecule has 0 amide bonds. The summed E-state index contributed by atoms with van der Waals surface area (Å²) in [4.78, 5) is 0. The molecule has 2 N–H and O–H groups in total. The van der Waals surface area contributed by atoms with E-state index >= 15 is 0 Å². The summed E-state index contributed by atoms with van der Waals surface area (Å²) >= 11 is 3.44. The Labute approximate surface area is 80.8 Å². The lowest BCUT2D eigenvalue weighted by Crippen LogP contribution is -2.14. The maximum Gasteiger partial charge on any atom is 0.0954 e. The zero-order chi connectivity index (χ0) is 8.97. The standard InChI is InChI=1S/C9H12BrNO/c1-12-9(6-11)7-4-2-3-5-8(7)10/h2-5,9H,6,11H2,1H3. The van der Waals surface area contributed by atoms with Gasteiger partial charge in [-0.3, -0.25) is 0 Å². The highest BCUT2D eigenvalue weighted by Gasteiger charge is 2.10. The Kier molecular flexibility index (Phi) is 3.72. The predicted molar refractivity (Wildman–Crippen MR) is 52.9 cm³/mol. The molecular formula is C9H12BrNO. The van der Waals surface area contributed by atoms with Crippen LogP contribution in [0, 0.1) is 0 Å². The first-order valence-corrected chi connectivity index (χ1v) is 4.56. The van der Waals surface area contributed by atoms with Crippen molar-refractivity contribution in [3.8, 4) is 0 Å². The van der Waals surface area contributed by atoms with E-state index in [1.807, 2.05) is 24.3 Å². The van der Waals surface area contributed by atoms with Gasteiger partial charge in [0, 0.05) is 18.1 Å². The van der Waals surface area contributed by atoms with Crippen LogP contribution in [0.15, 0.2) is 28.7 Å². The van der Waals surface area contributed by atoms with Gasteiger partial charge in [-0.25, -0.2) is 0 Å². The van der Waals surface area contributed by atoms with Gasteiger partial charge < -0.3 is 10.5 Å². The van der Waals surface area contributed by atoms with E-state index < -0.39 is 0 Å².